The SMILES string of the molecule is CCOc1ccc(OC(=O)NC(C)(C)C(=O)O)cc1. The predicted molar refractivity (Wildman–Crippen MR) is 68.5 cm³/mol. The Kier molecular flexibility index (Phi) is 4.74. The fourth-order valence-electron chi connectivity index (χ4n) is 1.21. The highest BCUT2D eigenvalue weighted by Gasteiger charge is 2.29. The molecule has 0 aliphatic carbocycles. The number of carbonyl (C=O) groups is 2. The molecule has 1 aromatic rings. The number of benzene rings is 1. The van der Waals surface area contributed by atoms with Gasteiger partial charge in [0.1, 0.15) is 17.0 Å². The first kappa shape index (κ1) is 14.8. The Labute approximate surface area is 111 Å². The van der Waals surface area contributed by atoms with E-state index < -0.39 is 17.6 Å². The van der Waals surface area contributed by atoms with Gasteiger partial charge in [-0.2, -0.15) is 0 Å². The van der Waals surface area contributed by atoms with Gasteiger partial charge in [0.05, 0.1) is 6.61 Å². The molecule has 0 fully saturated rings. The van der Waals surface area contributed by atoms with Crippen LogP contribution in [0.15, 0.2) is 24.3 Å². The summed E-state index contributed by atoms with van der Waals surface area (Å²) in [5.41, 5.74) is -1.39. The summed E-state index contributed by atoms with van der Waals surface area (Å²) in [6.07, 6.45) is -0.823. The van der Waals surface area contributed by atoms with Gasteiger partial charge in [-0.1, -0.05) is 0 Å². The van der Waals surface area contributed by atoms with Gasteiger partial charge in [-0.05, 0) is 45.0 Å². The Morgan fingerprint density at radius 3 is 2.21 bits per heavy atom. The van der Waals surface area contributed by atoms with Crippen molar-refractivity contribution in [2.45, 2.75) is 26.3 Å². The van der Waals surface area contributed by atoms with Crippen molar-refractivity contribution >= 4 is 12.1 Å². The van der Waals surface area contributed by atoms with Crippen molar-refractivity contribution in [1.82, 2.24) is 5.32 Å². The lowest BCUT2D eigenvalue weighted by atomic mass is 10.1. The van der Waals surface area contributed by atoms with Crippen molar-refractivity contribution in [2.75, 3.05) is 6.61 Å². The van der Waals surface area contributed by atoms with Crippen LogP contribution in [0.2, 0.25) is 0 Å². The van der Waals surface area contributed by atoms with E-state index in [1.54, 1.807) is 24.3 Å². The largest absolute Gasteiger partial charge is 0.494 e. The molecule has 1 rings (SSSR count). The van der Waals surface area contributed by atoms with Crippen LogP contribution >= 0.6 is 0 Å². The van der Waals surface area contributed by atoms with Gasteiger partial charge in [0.15, 0.2) is 0 Å². The first-order valence-electron chi connectivity index (χ1n) is 5.81. The zero-order valence-electron chi connectivity index (χ0n) is 11.1. The van der Waals surface area contributed by atoms with Crippen LogP contribution in [0.25, 0.3) is 0 Å². The summed E-state index contributed by atoms with van der Waals surface area (Å²) >= 11 is 0. The van der Waals surface area contributed by atoms with E-state index in [9.17, 15) is 9.59 Å². The molecule has 0 saturated carbocycles. The third-order valence-corrected chi connectivity index (χ3v) is 2.29. The highest BCUT2D eigenvalue weighted by Crippen LogP contribution is 2.17. The number of rotatable bonds is 5. The van der Waals surface area contributed by atoms with Gasteiger partial charge >= 0.3 is 12.1 Å². The van der Waals surface area contributed by atoms with Crippen LogP contribution in [-0.4, -0.2) is 29.3 Å². The van der Waals surface area contributed by atoms with Crippen molar-refractivity contribution in [3.63, 3.8) is 0 Å². The van der Waals surface area contributed by atoms with Gasteiger partial charge in [-0.3, -0.25) is 0 Å². The van der Waals surface area contributed by atoms with E-state index in [1.807, 2.05) is 6.92 Å². The summed E-state index contributed by atoms with van der Waals surface area (Å²) < 4.78 is 10.2. The Hall–Kier alpha value is -2.24. The van der Waals surface area contributed by atoms with E-state index in [0.29, 0.717) is 18.1 Å². The number of carboxylic acid groups (broad SMARTS) is 1. The van der Waals surface area contributed by atoms with E-state index in [-0.39, 0.29) is 0 Å². The predicted octanol–water partition coefficient (Wildman–Crippen LogP) is 2.04. The van der Waals surface area contributed by atoms with Crippen molar-refractivity contribution in [1.29, 1.82) is 0 Å². The van der Waals surface area contributed by atoms with Gasteiger partial charge in [0.2, 0.25) is 0 Å². The average Bonchev–Trinajstić information content (AvgIpc) is 2.31. The molecular formula is C13H17NO5. The van der Waals surface area contributed by atoms with Crippen molar-refractivity contribution in [2.24, 2.45) is 0 Å². The minimum absolute atomic E-state index is 0.308. The molecule has 0 atom stereocenters. The van der Waals surface area contributed by atoms with E-state index in [0.717, 1.165) is 0 Å². The normalized spacial score (nSPS) is 10.7. The molecule has 0 aliphatic rings. The molecule has 0 unspecified atom stereocenters. The molecule has 0 heterocycles. The van der Waals surface area contributed by atoms with E-state index in [4.69, 9.17) is 14.6 Å². The van der Waals surface area contributed by atoms with E-state index in [2.05, 4.69) is 5.32 Å². The molecule has 6 nitrogen and oxygen atoms in total. The van der Waals surface area contributed by atoms with Gasteiger partial charge in [0.25, 0.3) is 0 Å². The van der Waals surface area contributed by atoms with Crippen LogP contribution in [0.1, 0.15) is 20.8 Å². The lowest BCUT2D eigenvalue weighted by Gasteiger charge is -2.20. The minimum atomic E-state index is -1.39. The number of aliphatic carboxylic acids is 1. The maximum Gasteiger partial charge on any atom is 0.413 e. The Balaban J connectivity index is 2.60. The second kappa shape index (κ2) is 6.08. The molecule has 1 aromatic carbocycles. The highest BCUT2D eigenvalue weighted by atomic mass is 16.6. The molecule has 0 bridgehead atoms. The number of carbonyl (C=O) groups excluding carboxylic acids is 1. The van der Waals surface area contributed by atoms with Crippen molar-refractivity contribution < 1.29 is 24.2 Å². The molecule has 19 heavy (non-hydrogen) atoms. The number of nitrogens with one attached hydrogen (secondary N) is 1. The molecule has 0 aliphatic heterocycles. The quantitative estimate of drug-likeness (QED) is 0.852. The molecule has 0 aromatic heterocycles. The second-order valence-electron chi connectivity index (χ2n) is 4.35. The number of ether oxygens (including phenoxy) is 2. The molecule has 0 saturated heterocycles. The molecule has 1 amide bonds. The van der Waals surface area contributed by atoms with Crippen LogP contribution < -0.4 is 14.8 Å². The van der Waals surface area contributed by atoms with Crippen LogP contribution in [0.5, 0.6) is 11.5 Å². The Morgan fingerprint density at radius 1 is 1.21 bits per heavy atom. The monoisotopic (exact) mass is 267 g/mol. The molecule has 2 N–H and O–H groups in total. The van der Waals surface area contributed by atoms with Crippen molar-refractivity contribution in [3.8, 4) is 11.5 Å². The van der Waals surface area contributed by atoms with Gasteiger partial charge in [0, 0.05) is 0 Å². The fourth-order valence-corrected chi connectivity index (χ4v) is 1.21. The zero-order chi connectivity index (χ0) is 14.5. The first-order chi connectivity index (χ1) is 8.85. The summed E-state index contributed by atoms with van der Waals surface area (Å²) in [6.45, 7) is 5.16. The van der Waals surface area contributed by atoms with Gasteiger partial charge in [-0.25, -0.2) is 9.59 Å². The summed E-state index contributed by atoms with van der Waals surface area (Å²) in [6, 6.07) is 6.46. The first-order valence-corrected chi connectivity index (χ1v) is 5.81. The molecule has 6 heteroatoms. The molecule has 0 radical (unpaired) electrons. The smallest absolute Gasteiger partial charge is 0.413 e. The topological polar surface area (TPSA) is 84.9 Å². The Morgan fingerprint density at radius 2 is 1.74 bits per heavy atom. The maximum atomic E-state index is 11.5. The van der Waals surface area contributed by atoms with E-state index >= 15 is 0 Å². The maximum absolute atomic E-state index is 11.5. The highest BCUT2D eigenvalue weighted by molar-refractivity contribution is 5.84. The van der Waals surface area contributed by atoms with Crippen LogP contribution in [0.3, 0.4) is 0 Å². The third-order valence-electron chi connectivity index (χ3n) is 2.29. The van der Waals surface area contributed by atoms with Crippen LogP contribution in [-0.2, 0) is 4.79 Å². The lowest BCUT2D eigenvalue weighted by molar-refractivity contribution is -0.143. The fraction of sp³-hybridized carbons (Fsp3) is 0.385. The van der Waals surface area contributed by atoms with Crippen molar-refractivity contribution in [3.05, 3.63) is 24.3 Å². The molecular weight excluding hydrogens is 250 g/mol. The lowest BCUT2D eigenvalue weighted by Crippen LogP contribution is -2.50. The van der Waals surface area contributed by atoms with Crippen LogP contribution in [0.4, 0.5) is 4.79 Å². The number of amides is 1. The second-order valence-corrected chi connectivity index (χ2v) is 4.35. The number of hydrogen-bond donors (Lipinski definition) is 2. The summed E-state index contributed by atoms with van der Waals surface area (Å²) in [7, 11) is 0. The Bertz CT molecular complexity index is 453. The summed E-state index contributed by atoms with van der Waals surface area (Å²) in [4.78, 5) is 22.4. The summed E-state index contributed by atoms with van der Waals surface area (Å²) in [5, 5.41) is 11.1. The summed E-state index contributed by atoms with van der Waals surface area (Å²) in [5.74, 6) is -0.167. The standard InChI is InChI=1S/C13H17NO5/c1-4-18-9-5-7-10(8-6-9)19-12(17)14-13(2,3)11(15)16/h5-8H,4H2,1-3H3,(H,14,17)(H,15,16). The molecule has 104 valence electrons. The zero-order valence-corrected chi connectivity index (χ0v) is 11.1. The molecule has 0 spiro atoms. The van der Waals surface area contributed by atoms with Crippen LogP contribution in [0, 0.1) is 0 Å². The van der Waals surface area contributed by atoms with Gasteiger partial charge < -0.3 is 19.9 Å². The van der Waals surface area contributed by atoms with Gasteiger partial charge in [-0.15, -0.1) is 0 Å². The third kappa shape index (κ3) is 4.50. The van der Waals surface area contributed by atoms with E-state index in [1.165, 1.54) is 13.8 Å². The average molecular weight is 267 g/mol. The minimum Gasteiger partial charge on any atom is -0.494 e. The number of hydrogen-bond acceptors (Lipinski definition) is 4. The number of carboxylic acids is 1.